The fraction of sp³-hybridized carbons (Fsp3) is 0.368. The van der Waals surface area contributed by atoms with Crippen molar-refractivity contribution < 1.29 is 23.9 Å². The Morgan fingerprint density at radius 3 is 2.93 bits per heavy atom. The number of hydrogen-bond donors (Lipinski definition) is 0. The van der Waals surface area contributed by atoms with E-state index in [2.05, 4.69) is 4.98 Å². The first-order valence-electron chi connectivity index (χ1n) is 9.04. The Hall–Kier alpha value is -3.36. The number of carbonyl (C=O) groups is 1. The van der Waals surface area contributed by atoms with Crippen molar-refractivity contribution in [1.29, 1.82) is 0 Å². The molecular weight excluding hydrogens is 366 g/mol. The molecule has 1 saturated heterocycles. The van der Waals surface area contributed by atoms with E-state index in [4.69, 9.17) is 14.2 Å². The van der Waals surface area contributed by atoms with Crippen molar-refractivity contribution in [3.63, 3.8) is 0 Å². The Balaban J connectivity index is 1.46. The zero-order chi connectivity index (χ0) is 19.5. The third-order valence-electron chi connectivity index (χ3n) is 4.80. The van der Waals surface area contributed by atoms with E-state index in [0.717, 1.165) is 18.4 Å². The van der Waals surface area contributed by atoms with Crippen LogP contribution in [0.25, 0.3) is 0 Å². The molecule has 4 rings (SSSR count). The second-order valence-corrected chi connectivity index (χ2v) is 6.52. The van der Waals surface area contributed by atoms with Gasteiger partial charge < -0.3 is 29.2 Å². The van der Waals surface area contributed by atoms with E-state index in [1.54, 1.807) is 4.90 Å². The van der Waals surface area contributed by atoms with Gasteiger partial charge in [0.1, 0.15) is 19.4 Å². The van der Waals surface area contributed by atoms with Crippen molar-refractivity contribution in [3.8, 4) is 17.2 Å². The molecule has 0 spiro atoms. The molecule has 1 aromatic carbocycles. The van der Waals surface area contributed by atoms with Crippen molar-refractivity contribution in [2.24, 2.45) is 0 Å². The van der Waals surface area contributed by atoms with Gasteiger partial charge in [-0.05, 0) is 52.6 Å². The average molecular weight is 385 g/mol. The van der Waals surface area contributed by atoms with Crippen LogP contribution in [0.1, 0.15) is 24.4 Å². The third kappa shape index (κ3) is 3.55. The number of ether oxygens (including phenoxy) is 3. The third-order valence-corrected chi connectivity index (χ3v) is 4.80. The minimum Gasteiger partial charge on any atom is -0.486 e. The molecular formula is C19H19N3O6. The lowest BCUT2D eigenvalue weighted by molar-refractivity contribution is -0.390. The highest BCUT2D eigenvalue weighted by Gasteiger charge is 2.31. The molecule has 2 aromatic rings. The lowest BCUT2D eigenvalue weighted by atomic mass is 10.0. The molecule has 0 bridgehead atoms. The number of carbonyl (C=O) groups excluding carboxylic acids is 1. The molecule has 0 aliphatic carbocycles. The van der Waals surface area contributed by atoms with E-state index < -0.39 is 10.7 Å². The van der Waals surface area contributed by atoms with E-state index >= 15 is 0 Å². The number of aromatic nitrogens is 1. The molecule has 0 radical (unpaired) electrons. The minimum absolute atomic E-state index is 0.0177. The second kappa shape index (κ2) is 7.71. The topological polar surface area (TPSA) is 104 Å². The van der Waals surface area contributed by atoms with Gasteiger partial charge in [-0.2, -0.15) is 0 Å². The van der Waals surface area contributed by atoms with Crippen molar-refractivity contribution in [2.75, 3.05) is 26.4 Å². The molecule has 9 nitrogen and oxygen atoms in total. The van der Waals surface area contributed by atoms with Crippen molar-refractivity contribution in [2.45, 2.75) is 18.9 Å². The van der Waals surface area contributed by atoms with Crippen LogP contribution in [0, 0.1) is 10.1 Å². The van der Waals surface area contributed by atoms with Gasteiger partial charge in [0.2, 0.25) is 5.75 Å². The van der Waals surface area contributed by atoms with E-state index in [-0.39, 0.29) is 24.3 Å². The number of nitrogens with zero attached hydrogens (tertiary/aromatic N) is 3. The first-order chi connectivity index (χ1) is 13.6. The van der Waals surface area contributed by atoms with E-state index in [9.17, 15) is 14.9 Å². The predicted molar refractivity (Wildman–Crippen MR) is 97.5 cm³/mol. The Kier molecular flexibility index (Phi) is 4.96. The van der Waals surface area contributed by atoms with Crippen molar-refractivity contribution >= 4 is 11.7 Å². The molecule has 3 heterocycles. The maximum atomic E-state index is 12.7. The Bertz CT molecular complexity index is 903. The van der Waals surface area contributed by atoms with Crippen LogP contribution in [0.5, 0.6) is 17.2 Å². The molecule has 2 aliphatic heterocycles. The number of amides is 1. The van der Waals surface area contributed by atoms with Crippen LogP contribution >= 0.6 is 0 Å². The van der Waals surface area contributed by atoms with E-state index in [0.29, 0.717) is 31.3 Å². The largest absolute Gasteiger partial charge is 0.486 e. The first-order valence-corrected chi connectivity index (χ1v) is 9.04. The Labute approximate surface area is 161 Å². The smallest absolute Gasteiger partial charge is 0.406 e. The summed E-state index contributed by atoms with van der Waals surface area (Å²) in [5.74, 6) is 0.745. The monoisotopic (exact) mass is 385 g/mol. The van der Waals surface area contributed by atoms with Gasteiger partial charge >= 0.3 is 5.82 Å². The van der Waals surface area contributed by atoms with Gasteiger partial charge in [0.25, 0.3) is 5.91 Å². The standard InChI is InChI=1S/C19H19N3O6/c23-18(12-28-16-4-1-7-20-19(16)22(24)25)21-8-2-3-14(21)13-5-6-15-17(11-13)27-10-9-26-15/h1,4-7,11,14H,2-3,8-10,12H2. The molecule has 0 saturated carbocycles. The van der Waals surface area contributed by atoms with Crippen LogP contribution in [0.15, 0.2) is 36.5 Å². The molecule has 0 N–H and O–H groups in total. The number of pyridine rings is 1. The van der Waals surface area contributed by atoms with Gasteiger partial charge in [-0.25, -0.2) is 0 Å². The zero-order valence-corrected chi connectivity index (χ0v) is 15.1. The van der Waals surface area contributed by atoms with Crippen molar-refractivity contribution in [3.05, 3.63) is 52.2 Å². The number of benzene rings is 1. The lowest BCUT2D eigenvalue weighted by Crippen LogP contribution is -2.34. The van der Waals surface area contributed by atoms with Gasteiger partial charge in [-0.3, -0.25) is 4.79 Å². The summed E-state index contributed by atoms with van der Waals surface area (Å²) in [7, 11) is 0. The van der Waals surface area contributed by atoms with E-state index in [1.807, 2.05) is 18.2 Å². The highest BCUT2D eigenvalue weighted by atomic mass is 16.6. The SMILES string of the molecule is O=C(COc1cccnc1[N+](=O)[O-])N1CCCC1c1ccc2c(c1)OCCO2. The summed E-state index contributed by atoms with van der Waals surface area (Å²) in [5.41, 5.74) is 0.974. The maximum absolute atomic E-state index is 12.7. The number of likely N-dealkylation sites (tertiary alicyclic amines) is 1. The summed E-state index contributed by atoms with van der Waals surface area (Å²) in [6.07, 6.45) is 3.02. The second-order valence-electron chi connectivity index (χ2n) is 6.52. The highest BCUT2D eigenvalue weighted by Crippen LogP contribution is 2.38. The summed E-state index contributed by atoms with van der Waals surface area (Å²) < 4.78 is 16.6. The molecule has 1 fully saturated rings. The lowest BCUT2D eigenvalue weighted by Gasteiger charge is -2.26. The fourth-order valence-corrected chi connectivity index (χ4v) is 3.53. The molecule has 1 amide bonds. The molecule has 1 atom stereocenters. The number of rotatable bonds is 5. The normalized spacial score (nSPS) is 18.0. The molecule has 28 heavy (non-hydrogen) atoms. The van der Waals surface area contributed by atoms with Gasteiger partial charge in [0.05, 0.1) is 6.04 Å². The Morgan fingerprint density at radius 2 is 2.11 bits per heavy atom. The zero-order valence-electron chi connectivity index (χ0n) is 15.1. The fourth-order valence-electron chi connectivity index (χ4n) is 3.53. The molecule has 146 valence electrons. The van der Waals surface area contributed by atoms with Crippen LogP contribution < -0.4 is 14.2 Å². The van der Waals surface area contributed by atoms with Gasteiger partial charge in [0, 0.05) is 6.54 Å². The van der Waals surface area contributed by atoms with Crippen molar-refractivity contribution in [1.82, 2.24) is 9.88 Å². The molecule has 1 aromatic heterocycles. The number of fused-ring (bicyclic) bond motifs is 1. The van der Waals surface area contributed by atoms with E-state index in [1.165, 1.54) is 18.3 Å². The van der Waals surface area contributed by atoms with Crippen LogP contribution in [-0.2, 0) is 4.79 Å². The Morgan fingerprint density at radius 1 is 1.29 bits per heavy atom. The van der Waals surface area contributed by atoms with Gasteiger partial charge in [-0.15, -0.1) is 0 Å². The summed E-state index contributed by atoms with van der Waals surface area (Å²) in [5, 5.41) is 11.0. The average Bonchev–Trinajstić information content (AvgIpc) is 3.22. The predicted octanol–water partition coefficient (Wildman–Crippen LogP) is 2.50. The number of hydrogen-bond acceptors (Lipinski definition) is 7. The van der Waals surface area contributed by atoms with Crippen LogP contribution in [0.4, 0.5) is 5.82 Å². The van der Waals surface area contributed by atoms with Gasteiger partial charge in [0.15, 0.2) is 18.1 Å². The summed E-state index contributed by atoms with van der Waals surface area (Å²) in [4.78, 5) is 28.5. The van der Waals surface area contributed by atoms with Gasteiger partial charge in [-0.1, -0.05) is 6.07 Å². The summed E-state index contributed by atoms with van der Waals surface area (Å²) >= 11 is 0. The number of nitro groups is 1. The first kappa shape index (κ1) is 18.0. The molecule has 2 aliphatic rings. The summed E-state index contributed by atoms with van der Waals surface area (Å²) in [6.45, 7) is 1.35. The van der Waals surface area contributed by atoms with Crippen LogP contribution in [0.2, 0.25) is 0 Å². The van der Waals surface area contributed by atoms with Crippen LogP contribution in [0.3, 0.4) is 0 Å². The maximum Gasteiger partial charge on any atom is 0.406 e. The quantitative estimate of drug-likeness (QED) is 0.575. The molecule has 1 unspecified atom stereocenters. The highest BCUT2D eigenvalue weighted by molar-refractivity contribution is 5.78. The summed E-state index contributed by atoms with van der Waals surface area (Å²) in [6, 6.07) is 8.59. The minimum atomic E-state index is -0.631. The van der Waals surface area contributed by atoms with Crippen LogP contribution in [-0.4, -0.2) is 47.1 Å². The molecule has 9 heteroatoms.